The molecule has 1 aromatic rings. The number of aromatic nitrogens is 2. The molecule has 13 heteroatoms. The second-order valence-corrected chi connectivity index (χ2v) is 4.69. The number of hydrogen-bond donors (Lipinski definition) is 4. The molecule has 0 radical (unpaired) electrons. The molecule has 0 aliphatic heterocycles. The summed E-state index contributed by atoms with van der Waals surface area (Å²) in [5.41, 5.74) is 0. The molecule has 0 aliphatic carbocycles. The van der Waals surface area contributed by atoms with Crippen LogP contribution in [0.15, 0.2) is 6.20 Å². The Morgan fingerprint density at radius 1 is 1.55 bits per heavy atom. The average Bonchev–Trinajstić information content (AvgIpc) is 2.58. The van der Waals surface area contributed by atoms with Crippen molar-refractivity contribution in [3.8, 4) is 0 Å². The van der Waals surface area contributed by atoms with Crippen LogP contribution in [0.25, 0.3) is 0 Å². The fraction of sp³-hybridized carbons (Fsp3) is 0.571. The number of halogens is 1. The van der Waals surface area contributed by atoms with E-state index in [9.17, 15) is 15.2 Å². The van der Waals surface area contributed by atoms with Crippen LogP contribution in [-0.4, -0.2) is 75.8 Å². The molecule has 1 aromatic heterocycles. The molecule has 0 aromatic carbocycles. The van der Waals surface area contributed by atoms with Crippen LogP contribution in [0.1, 0.15) is 5.82 Å². The third-order valence-electron chi connectivity index (χ3n) is 1.79. The quantitative estimate of drug-likeness (QED) is 0.181. The predicted molar refractivity (Wildman–Crippen MR) is 71.8 cm³/mol. The summed E-state index contributed by atoms with van der Waals surface area (Å²) in [6.07, 6.45) is 0.360. The summed E-state index contributed by atoms with van der Waals surface area (Å²) in [7, 11) is -4.64. The van der Waals surface area contributed by atoms with Crippen molar-refractivity contribution in [2.75, 3.05) is 5.88 Å². The standard InChI is InChI=1S/C7H10ClN3O3.Na.H3O4P.H/c1-5-9-3-7(11(13)14)10(5)4-6(12)2-8;;1-5(2,3)4;/h3,6,12H,2,4H2,1H3;;(H3,1,2,3,4);. The van der Waals surface area contributed by atoms with Gasteiger partial charge in [-0.25, -0.2) is 14.1 Å². The number of phosphoric acid groups is 1. The third-order valence-corrected chi connectivity index (χ3v) is 2.15. The normalized spacial score (nSPS) is 11.9. The van der Waals surface area contributed by atoms with Gasteiger partial charge in [0.1, 0.15) is 18.8 Å². The third kappa shape index (κ3) is 9.81. The Balaban J connectivity index is 0. The molecule has 20 heavy (non-hydrogen) atoms. The molecule has 1 atom stereocenters. The van der Waals surface area contributed by atoms with Crippen molar-refractivity contribution in [1.29, 1.82) is 0 Å². The molecule has 112 valence electrons. The van der Waals surface area contributed by atoms with Gasteiger partial charge in [-0.05, 0) is 4.92 Å². The van der Waals surface area contributed by atoms with Crippen molar-refractivity contribution in [2.45, 2.75) is 19.6 Å². The van der Waals surface area contributed by atoms with Gasteiger partial charge in [0, 0.05) is 6.92 Å². The van der Waals surface area contributed by atoms with E-state index >= 15 is 0 Å². The van der Waals surface area contributed by atoms with Crippen LogP contribution in [0.3, 0.4) is 0 Å². The van der Waals surface area contributed by atoms with Gasteiger partial charge in [-0.2, -0.15) is 0 Å². The average molecular weight is 342 g/mol. The van der Waals surface area contributed by atoms with E-state index in [-0.39, 0.29) is 47.8 Å². The zero-order valence-corrected chi connectivity index (χ0v) is 11.4. The van der Waals surface area contributed by atoms with Crippen LogP contribution in [0.5, 0.6) is 0 Å². The number of hydrogen-bond acceptors (Lipinski definition) is 5. The molecule has 0 aliphatic rings. The van der Waals surface area contributed by atoms with Gasteiger partial charge in [-0.3, -0.25) is 0 Å². The van der Waals surface area contributed by atoms with E-state index in [0.29, 0.717) is 5.82 Å². The van der Waals surface area contributed by atoms with E-state index in [2.05, 4.69) is 4.98 Å². The van der Waals surface area contributed by atoms with Crippen LogP contribution < -0.4 is 0 Å². The molecule has 0 fully saturated rings. The number of aliphatic hydroxyl groups is 1. The van der Waals surface area contributed by atoms with Crippen molar-refractivity contribution in [2.24, 2.45) is 0 Å². The van der Waals surface area contributed by atoms with E-state index < -0.39 is 18.8 Å². The SMILES string of the molecule is Cc1ncc([N+](=O)[O-])n1CC(O)CCl.O=P(O)(O)O.[NaH]. The summed E-state index contributed by atoms with van der Waals surface area (Å²) >= 11 is 5.40. The van der Waals surface area contributed by atoms with Crippen LogP contribution in [0.2, 0.25) is 0 Å². The molecular weight excluding hydrogens is 328 g/mol. The summed E-state index contributed by atoms with van der Waals surface area (Å²) in [5.74, 6) is 0.391. The molecule has 0 bridgehead atoms. The summed E-state index contributed by atoms with van der Waals surface area (Å²) in [5, 5.41) is 19.8. The maximum atomic E-state index is 10.5. The van der Waals surface area contributed by atoms with Crippen molar-refractivity contribution < 1.29 is 29.3 Å². The van der Waals surface area contributed by atoms with Crippen LogP contribution in [-0.2, 0) is 11.1 Å². The second-order valence-electron chi connectivity index (χ2n) is 3.35. The molecule has 0 saturated heterocycles. The van der Waals surface area contributed by atoms with Crippen molar-refractivity contribution >= 4 is 54.8 Å². The number of nitrogens with zero attached hydrogens (tertiary/aromatic N) is 3. The zero-order valence-electron chi connectivity index (χ0n) is 9.75. The molecule has 1 unspecified atom stereocenters. The zero-order chi connectivity index (χ0) is 15.2. The number of rotatable bonds is 4. The van der Waals surface area contributed by atoms with E-state index in [1.54, 1.807) is 6.92 Å². The fourth-order valence-electron chi connectivity index (χ4n) is 1.09. The van der Waals surface area contributed by atoms with Crippen molar-refractivity contribution in [1.82, 2.24) is 9.55 Å². The Morgan fingerprint density at radius 2 is 2.00 bits per heavy atom. The van der Waals surface area contributed by atoms with E-state index in [1.807, 2.05) is 0 Å². The number of aliphatic hydroxyl groups excluding tert-OH is 1. The molecule has 4 N–H and O–H groups in total. The Morgan fingerprint density at radius 3 is 2.35 bits per heavy atom. The number of imidazole rings is 1. The first-order valence-electron chi connectivity index (χ1n) is 4.75. The molecule has 0 amide bonds. The van der Waals surface area contributed by atoms with Crippen LogP contribution in [0, 0.1) is 17.0 Å². The van der Waals surface area contributed by atoms with Crippen LogP contribution in [0.4, 0.5) is 5.82 Å². The number of nitro groups is 1. The van der Waals surface area contributed by atoms with Gasteiger partial charge in [-0.1, -0.05) is 0 Å². The summed E-state index contributed by atoms with van der Waals surface area (Å²) in [4.78, 5) is 35.3. The van der Waals surface area contributed by atoms with Crippen LogP contribution >= 0.6 is 19.4 Å². The minimum atomic E-state index is -4.64. The Hall–Kier alpha value is -0.0300. The molecule has 0 spiro atoms. The van der Waals surface area contributed by atoms with Crippen molar-refractivity contribution in [3.05, 3.63) is 22.1 Å². The van der Waals surface area contributed by atoms with Gasteiger partial charge in [0.25, 0.3) is 0 Å². The molecule has 0 saturated carbocycles. The molecular formula is C7H14ClN3NaO7P. The fourth-order valence-corrected chi connectivity index (χ4v) is 1.18. The maximum absolute atomic E-state index is 10.5. The van der Waals surface area contributed by atoms with Gasteiger partial charge >= 0.3 is 43.2 Å². The Labute approximate surface area is 141 Å². The monoisotopic (exact) mass is 341 g/mol. The molecule has 1 rings (SSSR count). The van der Waals surface area contributed by atoms with E-state index in [4.69, 9.17) is 30.8 Å². The summed E-state index contributed by atoms with van der Waals surface area (Å²) in [6.45, 7) is 1.72. The summed E-state index contributed by atoms with van der Waals surface area (Å²) in [6, 6.07) is 0. The summed E-state index contributed by atoms with van der Waals surface area (Å²) < 4.78 is 10.2. The van der Waals surface area contributed by atoms with Gasteiger partial charge in [0.05, 0.1) is 5.88 Å². The first-order valence-corrected chi connectivity index (χ1v) is 6.85. The van der Waals surface area contributed by atoms with E-state index in [1.165, 1.54) is 4.57 Å². The van der Waals surface area contributed by atoms with Gasteiger partial charge in [0.15, 0.2) is 5.82 Å². The number of aryl methyl sites for hydroxylation is 1. The van der Waals surface area contributed by atoms with Gasteiger partial charge < -0.3 is 29.9 Å². The first kappa shape index (κ1) is 22.3. The molecule has 10 nitrogen and oxygen atoms in total. The van der Waals surface area contributed by atoms with E-state index in [0.717, 1.165) is 6.20 Å². The van der Waals surface area contributed by atoms with Crippen molar-refractivity contribution in [3.63, 3.8) is 0 Å². The minimum absolute atomic E-state index is 0. The Kier molecular flexibility index (Phi) is 10.9. The first-order chi connectivity index (χ1) is 8.56. The Bertz CT molecular complexity index is 471. The second kappa shape index (κ2) is 9.82. The van der Waals surface area contributed by atoms with Gasteiger partial charge in [-0.15, -0.1) is 11.6 Å². The molecule has 1 heterocycles. The predicted octanol–water partition coefficient (Wildman–Crippen LogP) is -0.878. The van der Waals surface area contributed by atoms with Gasteiger partial charge in [0.2, 0.25) is 0 Å². The topological polar surface area (TPSA) is 159 Å². The number of alkyl halides is 1.